The van der Waals surface area contributed by atoms with Crippen molar-refractivity contribution in [1.29, 1.82) is 0 Å². The first-order valence-electron chi connectivity index (χ1n) is 7.25. The highest BCUT2D eigenvalue weighted by atomic mass is 32.2. The van der Waals surface area contributed by atoms with Crippen LogP contribution in [0.15, 0.2) is 6.07 Å². The third-order valence-electron chi connectivity index (χ3n) is 3.30. The summed E-state index contributed by atoms with van der Waals surface area (Å²) in [5, 5.41) is 6.28. The van der Waals surface area contributed by atoms with E-state index in [4.69, 9.17) is 0 Å². The highest BCUT2D eigenvalue weighted by Gasteiger charge is 2.30. The summed E-state index contributed by atoms with van der Waals surface area (Å²) >= 11 is 0. The van der Waals surface area contributed by atoms with Gasteiger partial charge in [-0.1, -0.05) is 6.92 Å². The molecule has 0 fully saturated rings. The van der Waals surface area contributed by atoms with Gasteiger partial charge in [-0.3, -0.25) is 0 Å². The van der Waals surface area contributed by atoms with Crippen LogP contribution in [0.2, 0.25) is 0 Å². The number of hydrogen-bond acceptors (Lipinski definition) is 6. The molecule has 2 N–H and O–H groups in total. The first kappa shape index (κ1) is 17.7. The zero-order valence-corrected chi connectivity index (χ0v) is 14.3. The fraction of sp³-hybridized carbons (Fsp3) is 0.714. The number of nitrogens with zero attached hydrogens (tertiary/aromatic N) is 2. The second-order valence-electron chi connectivity index (χ2n) is 5.72. The number of nitrogens with one attached hydrogen (secondary N) is 2. The van der Waals surface area contributed by atoms with Gasteiger partial charge in [0.2, 0.25) is 0 Å². The zero-order valence-electron chi connectivity index (χ0n) is 13.5. The lowest BCUT2D eigenvalue weighted by Gasteiger charge is -2.23. The standard InChI is InChI=1S/C14H26N4O2S/c1-6-8-11-17-12(15-7-2)9-13(18-11)16-10-14(3,4)21(5,19)20/h9H,6-8,10H2,1-5H3,(H2,15,16,17,18). The summed E-state index contributed by atoms with van der Waals surface area (Å²) in [7, 11) is -3.13. The average Bonchev–Trinajstić information content (AvgIpc) is 2.36. The number of hydrogen-bond donors (Lipinski definition) is 2. The van der Waals surface area contributed by atoms with Gasteiger partial charge in [0.1, 0.15) is 17.5 Å². The number of rotatable bonds is 8. The van der Waals surface area contributed by atoms with E-state index in [0.29, 0.717) is 12.4 Å². The van der Waals surface area contributed by atoms with E-state index in [1.807, 2.05) is 6.92 Å². The van der Waals surface area contributed by atoms with Crippen LogP contribution in [0, 0.1) is 0 Å². The predicted octanol–water partition coefficient (Wildman–Crippen LogP) is 2.10. The first-order valence-corrected chi connectivity index (χ1v) is 9.14. The molecule has 0 unspecified atom stereocenters. The lowest BCUT2D eigenvalue weighted by molar-refractivity contribution is 0.559. The molecule has 0 amide bonds. The summed E-state index contributed by atoms with van der Waals surface area (Å²) in [6.45, 7) is 8.56. The molecule has 6 nitrogen and oxygen atoms in total. The van der Waals surface area contributed by atoms with Gasteiger partial charge < -0.3 is 10.6 Å². The van der Waals surface area contributed by atoms with Crippen molar-refractivity contribution in [2.45, 2.75) is 45.3 Å². The van der Waals surface area contributed by atoms with Crippen molar-refractivity contribution in [3.63, 3.8) is 0 Å². The maximum Gasteiger partial charge on any atom is 0.154 e. The Morgan fingerprint density at radius 2 is 1.71 bits per heavy atom. The molecule has 1 rings (SSSR count). The van der Waals surface area contributed by atoms with E-state index in [-0.39, 0.29) is 0 Å². The number of sulfone groups is 1. The van der Waals surface area contributed by atoms with Crippen LogP contribution in [0.4, 0.5) is 11.6 Å². The average molecular weight is 314 g/mol. The molecule has 0 aliphatic heterocycles. The van der Waals surface area contributed by atoms with Crippen LogP contribution >= 0.6 is 0 Å². The van der Waals surface area contributed by atoms with Gasteiger partial charge in [0, 0.05) is 31.8 Å². The topological polar surface area (TPSA) is 84.0 Å². The van der Waals surface area contributed by atoms with Crippen molar-refractivity contribution in [3.8, 4) is 0 Å². The van der Waals surface area contributed by atoms with Gasteiger partial charge in [-0.15, -0.1) is 0 Å². The highest BCUT2D eigenvalue weighted by Crippen LogP contribution is 2.18. The predicted molar refractivity (Wildman–Crippen MR) is 87.6 cm³/mol. The number of aryl methyl sites for hydroxylation is 1. The smallest absolute Gasteiger partial charge is 0.154 e. The molecule has 21 heavy (non-hydrogen) atoms. The van der Waals surface area contributed by atoms with Crippen molar-refractivity contribution in [2.75, 3.05) is 30.0 Å². The van der Waals surface area contributed by atoms with E-state index in [1.165, 1.54) is 6.26 Å². The minimum absolute atomic E-state index is 0.306. The van der Waals surface area contributed by atoms with Crippen LogP contribution < -0.4 is 10.6 Å². The Morgan fingerprint density at radius 3 is 2.19 bits per heavy atom. The van der Waals surface area contributed by atoms with E-state index >= 15 is 0 Å². The van der Waals surface area contributed by atoms with Crippen LogP contribution in [0.1, 0.15) is 39.9 Å². The minimum atomic E-state index is -3.13. The third kappa shape index (κ3) is 5.15. The van der Waals surface area contributed by atoms with Crippen LogP contribution in [0.3, 0.4) is 0 Å². The van der Waals surface area contributed by atoms with Crippen LogP contribution in [-0.4, -0.2) is 42.5 Å². The highest BCUT2D eigenvalue weighted by molar-refractivity contribution is 7.92. The van der Waals surface area contributed by atoms with Gasteiger partial charge in [-0.05, 0) is 27.2 Å². The van der Waals surface area contributed by atoms with Gasteiger partial charge in [0.25, 0.3) is 0 Å². The van der Waals surface area contributed by atoms with E-state index in [0.717, 1.165) is 31.0 Å². The molecule has 1 heterocycles. The van der Waals surface area contributed by atoms with E-state index in [2.05, 4.69) is 27.5 Å². The quantitative estimate of drug-likeness (QED) is 0.764. The summed E-state index contributed by atoms with van der Waals surface area (Å²) in [6.07, 6.45) is 3.01. The summed E-state index contributed by atoms with van der Waals surface area (Å²) in [5.74, 6) is 2.17. The molecule has 1 aromatic rings. The molecule has 0 saturated carbocycles. The summed E-state index contributed by atoms with van der Waals surface area (Å²) in [6, 6.07) is 1.81. The Labute approximate surface area is 127 Å². The molecule has 0 aliphatic carbocycles. The molecule has 1 aromatic heterocycles. The Morgan fingerprint density at radius 1 is 1.14 bits per heavy atom. The first-order chi connectivity index (χ1) is 9.69. The van der Waals surface area contributed by atoms with Crippen LogP contribution in [0.25, 0.3) is 0 Å². The molecule has 0 spiro atoms. The lowest BCUT2D eigenvalue weighted by atomic mass is 10.2. The minimum Gasteiger partial charge on any atom is -0.370 e. The lowest BCUT2D eigenvalue weighted by Crippen LogP contribution is -2.38. The van der Waals surface area contributed by atoms with Crippen molar-refractivity contribution in [1.82, 2.24) is 9.97 Å². The fourth-order valence-corrected chi connectivity index (χ4v) is 1.96. The van der Waals surface area contributed by atoms with Crippen molar-refractivity contribution in [2.24, 2.45) is 0 Å². The van der Waals surface area contributed by atoms with Crippen molar-refractivity contribution >= 4 is 21.5 Å². The maximum absolute atomic E-state index is 11.7. The molecule has 0 radical (unpaired) electrons. The second kappa shape index (κ2) is 7.06. The molecule has 0 aromatic carbocycles. The van der Waals surface area contributed by atoms with Gasteiger partial charge in [0.05, 0.1) is 4.75 Å². The molecule has 0 atom stereocenters. The van der Waals surface area contributed by atoms with Gasteiger partial charge in [0.15, 0.2) is 9.84 Å². The Hall–Kier alpha value is -1.37. The Bertz CT molecular complexity index is 546. The Kier molecular flexibility index (Phi) is 5.95. The fourth-order valence-electron chi connectivity index (χ4n) is 1.63. The second-order valence-corrected chi connectivity index (χ2v) is 8.37. The molecule has 0 saturated heterocycles. The van der Waals surface area contributed by atoms with Gasteiger partial charge in [-0.2, -0.15) is 0 Å². The van der Waals surface area contributed by atoms with E-state index in [9.17, 15) is 8.42 Å². The normalized spacial score (nSPS) is 12.2. The molecule has 0 aliphatic rings. The number of anilines is 2. The zero-order chi connectivity index (χ0) is 16.1. The SMILES string of the molecule is CCCc1nc(NCC)cc(NCC(C)(C)S(C)(=O)=O)n1. The van der Waals surface area contributed by atoms with Gasteiger partial charge >= 0.3 is 0 Å². The summed E-state index contributed by atoms with van der Waals surface area (Å²) < 4.78 is 22.6. The summed E-state index contributed by atoms with van der Waals surface area (Å²) in [5.41, 5.74) is 0. The molecular formula is C14H26N4O2S. The monoisotopic (exact) mass is 314 g/mol. The molecule has 0 bridgehead atoms. The molecule has 120 valence electrons. The summed E-state index contributed by atoms with van der Waals surface area (Å²) in [4.78, 5) is 8.86. The maximum atomic E-state index is 11.7. The Balaban J connectivity index is 2.92. The van der Waals surface area contributed by atoms with Crippen molar-refractivity contribution in [3.05, 3.63) is 11.9 Å². The molecule has 7 heteroatoms. The molecular weight excluding hydrogens is 288 g/mol. The van der Waals surface area contributed by atoms with Crippen LogP contribution in [0.5, 0.6) is 0 Å². The van der Waals surface area contributed by atoms with E-state index in [1.54, 1.807) is 19.9 Å². The van der Waals surface area contributed by atoms with E-state index < -0.39 is 14.6 Å². The largest absolute Gasteiger partial charge is 0.370 e. The third-order valence-corrected chi connectivity index (χ3v) is 5.45. The number of aromatic nitrogens is 2. The van der Waals surface area contributed by atoms with Gasteiger partial charge in [-0.25, -0.2) is 18.4 Å². The van der Waals surface area contributed by atoms with Crippen LogP contribution in [-0.2, 0) is 16.3 Å². The van der Waals surface area contributed by atoms with Crippen molar-refractivity contribution < 1.29 is 8.42 Å².